The monoisotopic (exact) mass is 518 g/mol. The number of benzene rings is 1. The minimum absolute atomic E-state index is 0.00272. The van der Waals surface area contributed by atoms with Gasteiger partial charge in [0.2, 0.25) is 5.91 Å². The van der Waals surface area contributed by atoms with Crippen LogP contribution in [0.3, 0.4) is 0 Å². The largest absolute Gasteiger partial charge is 0.489 e. The van der Waals surface area contributed by atoms with E-state index in [1.54, 1.807) is 12.1 Å². The summed E-state index contributed by atoms with van der Waals surface area (Å²) in [5, 5.41) is 6.65. The molecule has 1 aliphatic heterocycles. The molecule has 6 N–H and O–H groups in total. The van der Waals surface area contributed by atoms with E-state index in [2.05, 4.69) is 6.58 Å². The Balaban J connectivity index is 2.37. The normalized spacial score (nSPS) is 17.2. The van der Waals surface area contributed by atoms with Crippen molar-refractivity contribution in [1.82, 2.24) is 4.90 Å². The van der Waals surface area contributed by atoms with Gasteiger partial charge in [0, 0.05) is 32.2 Å². The van der Waals surface area contributed by atoms with Crippen molar-refractivity contribution in [2.24, 2.45) is 28.4 Å². The minimum Gasteiger partial charge on any atom is -0.489 e. The van der Waals surface area contributed by atoms with Gasteiger partial charge >= 0.3 is 0 Å². The molecule has 33 heavy (non-hydrogen) atoms. The lowest BCUT2D eigenvalue weighted by atomic mass is 9.75. The lowest BCUT2D eigenvalue weighted by molar-refractivity contribution is -0.136. The molecule has 0 spiro atoms. The summed E-state index contributed by atoms with van der Waals surface area (Å²) in [7, 11) is -1.53. The van der Waals surface area contributed by atoms with Crippen molar-refractivity contribution in [2.75, 3.05) is 32.8 Å². The number of ether oxygens (including phenoxy) is 1. The topological polar surface area (TPSA) is 125 Å². The molecule has 1 heterocycles. The predicted molar refractivity (Wildman–Crippen MR) is 137 cm³/mol. The molecular formula is C23H36Cl2N4O3S. The van der Waals surface area contributed by atoms with Crippen LogP contribution in [0.2, 0.25) is 10.0 Å². The molecule has 1 aromatic carbocycles. The number of halogens is 2. The van der Waals surface area contributed by atoms with Crippen molar-refractivity contribution in [3.05, 3.63) is 40.4 Å². The second kappa shape index (κ2) is 12.5. The van der Waals surface area contributed by atoms with Crippen LogP contribution in [0.4, 0.5) is 0 Å². The Morgan fingerprint density at radius 3 is 2.36 bits per heavy atom. The Morgan fingerprint density at radius 1 is 1.27 bits per heavy atom. The molecule has 0 saturated carbocycles. The zero-order chi connectivity index (χ0) is 24.8. The number of piperidine rings is 1. The van der Waals surface area contributed by atoms with Crippen molar-refractivity contribution >= 4 is 40.1 Å². The van der Waals surface area contributed by atoms with Gasteiger partial charge < -0.3 is 21.1 Å². The summed E-state index contributed by atoms with van der Waals surface area (Å²) >= 11 is 12.7. The standard InChI is InChI=1S/C23H36Cl2N4O3S/c1-4-9-32-21-11-20(25)19(24)10-17(21)18(12-23(2,3)33(28)31)15-5-7-29(8-6-15)22(30)16(13-26)14-27/h4,10-11,15-16,18H,1,5-9,12-14,26-28H2,2-3H3/t18-,33?/m1/s1. The molecule has 10 heteroatoms. The fourth-order valence-corrected chi connectivity index (χ4v) is 5.00. The molecule has 1 aromatic rings. The van der Waals surface area contributed by atoms with Crippen LogP contribution in [0.25, 0.3) is 0 Å². The van der Waals surface area contributed by atoms with E-state index in [1.807, 2.05) is 24.8 Å². The quantitative estimate of drug-likeness (QED) is 0.387. The molecule has 1 fully saturated rings. The van der Waals surface area contributed by atoms with Gasteiger partial charge in [0.25, 0.3) is 0 Å². The Labute approximate surface area is 209 Å². The molecule has 2 rings (SSSR count). The summed E-state index contributed by atoms with van der Waals surface area (Å²) in [5.41, 5.74) is 12.3. The number of carbonyl (C=O) groups excluding carboxylic acids is 1. The van der Waals surface area contributed by atoms with Crippen LogP contribution in [-0.4, -0.2) is 52.5 Å². The van der Waals surface area contributed by atoms with Crippen LogP contribution >= 0.6 is 23.2 Å². The van der Waals surface area contributed by atoms with Gasteiger partial charge in [-0.1, -0.05) is 35.9 Å². The highest BCUT2D eigenvalue weighted by atomic mass is 35.5. The average Bonchev–Trinajstić information content (AvgIpc) is 2.79. The Hall–Kier alpha value is -1.16. The minimum atomic E-state index is -1.53. The van der Waals surface area contributed by atoms with E-state index in [9.17, 15) is 9.00 Å². The highest BCUT2D eigenvalue weighted by Crippen LogP contribution is 2.45. The van der Waals surface area contributed by atoms with Gasteiger partial charge in [0.1, 0.15) is 12.4 Å². The van der Waals surface area contributed by atoms with Gasteiger partial charge in [-0.25, -0.2) is 4.21 Å². The van der Waals surface area contributed by atoms with Crippen LogP contribution in [0.5, 0.6) is 5.75 Å². The van der Waals surface area contributed by atoms with E-state index in [0.717, 1.165) is 18.4 Å². The van der Waals surface area contributed by atoms with Crippen LogP contribution < -0.4 is 21.3 Å². The molecular weight excluding hydrogens is 483 g/mol. The highest BCUT2D eigenvalue weighted by Gasteiger charge is 2.37. The maximum absolute atomic E-state index is 12.7. The van der Waals surface area contributed by atoms with Crippen molar-refractivity contribution in [3.63, 3.8) is 0 Å². The summed E-state index contributed by atoms with van der Waals surface area (Å²) in [5.74, 6) is 0.430. The van der Waals surface area contributed by atoms with Gasteiger partial charge in [-0.2, -0.15) is 0 Å². The van der Waals surface area contributed by atoms with Crippen molar-refractivity contribution in [3.8, 4) is 5.75 Å². The predicted octanol–water partition coefficient (Wildman–Crippen LogP) is 3.21. The zero-order valence-electron chi connectivity index (χ0n) is 19.4. The first-order valence-corrected chi connectivity index (χ1v) is 13.1. The SMILES string of the molecule is C=CCOc1cc(Cl)c(Cl)cc1[C@H](CC(C)(C)S(N)=O)C1CCN(C(=O)C(CN)CN)CC1. The molecule has 1 unspecified atom stereocenters. The first-order chi connectivity index (χ1) is 15.5. The van der Waals surface area contributed by atoms with E-state index in [4.69, 9.17) is 44.5 Å². The Morgan fingerprint density at radius 2 is 1.85 bits per heavy atom. The fourth-order valence-electron chi connectivity index (χ4n) is 4.33. The number of amides is 1. The Kier molecular flexibility index (Phi) is 10.7. The zero-order valence-corrected chi connectivity index (χ0v) is 21.7. The maximum atomic E-state index is 12.7. The lowest BCUT2D eigenvalue weighted by Crippen LogP contribution is -2.47. The molecule has 0 bridgehead atoms. The van der Waals surface area contributed by atoms with Crippen LogP contribution in [0, 0.1) is 11.8 Å². The van der Waals surface area contributed by atoms with Gasteiger partial charge in [-0.05, 0) is 56.6 Å². The third-order valence-electron chi connectivity index (χ3n) is 6.40. The number of rotatable bonds is 11. The number of carbonyl (C=O) groups is 1. The lowest BCUT2D eigenvalue weighted by Gasteiger charge is -2.40. The highest BCUT2D eigenvalue weighted by molar-refractivity contribution is 7.84. The molecule has 1 aliphatic rings. The summed E-state index contributed by atoms with van der Waals surface area (Å²) in [6, 6.07) is 3.55. The van der Waals surface area contributed by atoms with E-state index >= 15 is 0 Å². The van der Waals surface area contributed by atoms with Crippen molar-refractivity contribution in [1.29, 1.82) is 0 Å². The molecule has 7 nitrogen and oxygen atoms in total. The summed E-state index contributed by atoms with van der Waals surface area (Å²) in [4.78, 5) is 14.6. The van der Waals surface area contributed by atoms with Crippen LogP contribution in [0.1, 0.15) is 44.6 Å². The summed E-state index contributed by atoms with van der Waals surface area (Å²) in [6.45, 7) is 9.50. The molecule has 0 radical (unpaired) electrons. The van der Waals surface area contributed by atoms with Crippen LogP contribution in [0.15, 0.2) is 24.8 Å². The molecule has 186 valence electrons. The summed E-state index contributed by atoms with van der Waals surface area (Å²) in [6.07, 6.45) is 3.76. The first-order valence-electron chi connectivity index (χ1n) is 11.1. The molecule has 1 saturated heterocycles. The van der Waals surface area contributed by atoms with Gasteiger partial charge in [-0.15, -0.1) is 0 Å². The van der Waals surface area contributed by atoms with E-state index in [0.29, 0.717) is 41.9 Å². The van der Waals surface area contributed by atoms with Gasteiger partial charge in [-0.3, -0.25) is 9.93 Å². The number of likely N-dealkylation sites (tertiary alicyclic amines) is 1. The third-order valence-corrected chi connectivity index (χ3v) is 8.38. The Bertz CT molecular complexity index is 856. The van der Waals surface area contributed by atoms with Crippen LogP contribution in [-0.2, 0) is 15.8 Å². The van der Waals surface area contributed by atoms with Crippen molar-refractivity contribution < 1.29 is 13.7 Å². The van der Waals surface area contributed by atoms with Gasteiger partial charge in [0.05, 0.1) is 31.7 Å². The average molecular weight is 520 g/mol. The fraction of sp³-hybridized carbons (Fsp3) is 0.609. The third kappa shape index (κ3) is 7.16. The second-order valence-corrected chi connectivity index (χ2v) is 11.6. The number of hydrogen-bond donors (Lipinski definition) is 3. The number of hydrogen-bond acceptors (Lipinski definition) is 5. The van der Waals surface area contributed by atoms with E-state index in [-0.39, 0.29) is 36.8 Å². The van der Waals surface area contributed by atoms with E-state index in [1.165, 1.54) is 0 Å². The summed E-state index contributed by atoms with van der Waals surface area (Å²) < 4.78 is 17.6. The van der Waals surface area contributed by atoms with E-state index < -0.39 is 15.7 Å². The van der Waals surface area contributed by atoms with Gasteiger partial charge in [0.15, 0.2) is 0 Å². The first kappa shape index (κ1) is 28.1. The molecule has 1 amide bonds. The van der Waals surface area contributed by atoms with Crippen molar-refractivity contribution in [2.45, 2.75) is 43.8 Å². The smallest absolute Gasteiger partial charge is 0.228 e. The second-order valence-electron chi connectivity index (χ2n) is 9.10. The molecule has 0 aliphatic carbocycles. The maximum Gasteiger partial charge on any atom is 0.228 e. The number of nitrogens with zero attached hydrogens (tertiary/aromatic N) is 1. The molecule has 2 atom stereocenters. The molecule has 0 aromatic heterocycles. The number of nitrogens with two attached hydrogens (primary N) is 3.